The first-order chi connectivity index (χ1) is 25.3. The van der Waals surface area contributed by atoms with Gasteiger partial charge in [-0.3, -0.25) is 4.98 Å². The third kappa shape index (κ3) is 4.27. The molecule has 0 spiro atoms. The van der Waals surface area contributed by atoms with Gasteiger partial charge in [-0.05, 0) is 103 Å². The van der Waals surface area contributed by atoms with E-state index >= 15 is 0 Å². The fraction of sp³-hybridized carbons (Fsp3) is 0. The largest absolute Gasteiger partial charge is 0.309 e. The molecule has 0 atom stereocenters. The molecule has 2 heterocycles. The van der Waals surface area contributed by atoms with Gasteiger partial charge in [-0.15, -0.1) is 0 Å². The maximum Gasteiger partial charge on any atom is 0.0702 e. The van der Waals surface area contributed by atoms with Gasteiger partial charge in [-0.2, -0.15) is 0 Å². The van der Waals surface area contributed by atoms with E-state index in [-0.39, 0.29) is 0 Å². The van der Waals surface area contributed by atoms with E-state index in [1.165, 1.54) is 76.4 Å². The van der Waals surface area contributed by atoms with E-state index in [4.69, 9.17) is 4.98 Å². The average Bonchev–Trinajstić information content (AvgIpc) is 3.54. The SMILES string of the molecule is c1ccc2ncc(-c3ccc(-c4cc(-c5ccc(-n6c7ccccc7c7ccccc76)cc5)c5ccc6cccc7ccc4c5c76)cc3)cc2c1. The van der Waals surface area contributed by atoms with Crippen LogP contribution in [0.2, 0.25) is 0 Å². The van der Waals surface area contributed by atoms with Gasteiger partial charge in [0, 0.05) is 33.6 Å². The summed E-state index contributed by atoms with van der Waals surface area (Å²) in [5.74, 6) is 0. The molecule has 0 bridgehead atoms. The van der Waals surface area contributed by atoms with Crippen molar-refractivity contribution in [2.24, 2.45) is 0 Å². The van der Waals surface area contributed by atoms with E-state index in [1.807, 2.05) is 12.3 Å². The predicted octanol–water partition coefficient (Wildman–Crippen LogP) is 13.2. The van der Waals surface area contributed by atoms with Crippen molar-refractivity contribution in [1.29, 1.82) is 0 Å². The van der Waals surface area contributed by atoms with Crippen LogP contribution in [0.1, 0.15) is 0 Å². The molecular weight excluding hydrogens is 617 g/mol. The Hall–Kier alpha value is -6.77. The van der Waals surface area contributed by atoms with Crippen molar-refractivity contribution in [1.82, 2.24) is 9.55 Å². The number of rotatable bonds is 4. The maximum atomic E-state index is 4.72. The van der Waals surface area contributed by atoms with Crippen LogP contribution in [0.5, 0.6) is 0 Å². The highest BCUT2D eigenvalue weighted by molar-refractivity contribution is 6.28. The Bertz CT molecular complexity index is 3040. The number of para-hydroxylation sites is 3. The Balaban J connectivity index is 1.09. The molecule has 2 aromatic heterocycles. The monoisotopic (exact) mass is 646 g/mol. The summed E-state index contributed by atoms with van der Waals surface area (Å²) in [6, 6.07) is 64.3. The number of nitrogens with zero attached hydrogens (tertiary/aromatic N) is 2. The van der Waals surface area contributed by atoms with Gasteiger partial charge in [0.05, 0.1) is 16.6 Å². The first-order valence-electron chi connectivity index (χ1n) is 17.5. The van der Waals surface area contributed by atoms with Crippen molar-refractivity contribution in [2.45, 2.75) is 0 Å². The highest BCUT2D eigenvalue weighted by atomic mass is 15.0. The van der Waals surface area contributed by atoms with E-state index < -0.39 is 0 Å². The fourth-order valence-electron chi connectivity index (χ4n) is 8.37. The molecule has 2 nitrogen and oxygen atoms in total. The fourth-order valence-corrected chi connectivity index (χ4v) is 8.37. The summed E-state index contributed by atoms with van der Waals surface area (Å²) in [4.78, 5) is 4.72. The Morgan fingerprint density at radius 1 is 0.353 bits per heavy atom. The molecule has 0 aliphatic rings. The molecule has 0 radical (unpaired) electrons. The van der Waals surface area contributed by atoms with Gasteiger partial charge in [-0.1, -0.05) is 133 Å². The number of fused-ring (bicyclic) bond motifs is 4. The van der Waals surface area contributed by atoms with Crippen molar-refractivity contribution in [2.75, 3.05) is 0 Å². The molecule has 236 valence electrons. The minimum absolute atomic E-state index is 1.02. The lowest BCUT2D eigenvalue weighted by atomic mass is 9.85. The lowest BCUT2D eigenvalue weighted by molar-refractivity contribution is 1.18. The Kier molecular flexibility index (Phi) is 5.99. The number of hydrogen-bond acceptors (Lipinski definition) is 1. The van der Waals surface area contributed by atoms with Crippen LogP contribution in [-0.2, 0) is 0 Å². The number of pyridine rings is 1. The van der Waals surface area contributed by atoms with Crippen molar-refractivity contribution in [3.05, 3.63) is 182 Å². The Morgan fingerprint density at radius 2 is 0.902 bits per heavy atom. The van der Waals surface area contributed by atoms with Crippen molar-refractivity contribution < 1.29 is 0 Å². The summed E-state index contributed by atoms with van der Waals surface area (Å²) >= 11 is 0. The lowest BCUT2D eigenvalue weighted by Crippen LogP contribution is -1.94. The molecule has 0 saturated heterocycles. The van der Waals surface area contributed by atoms with Gasteiger partial charge in [-0.25, -0.2) is 0 Å². The zero-order valence-corrected chi connectivity index (χ0v) is 27.7. The van der Waals surface area contributed by atoms with Gasteiger partial charge in [0.15, 0.2) is 0 Å². The average molecular weight is 647 g/mol. The van der Waals surface area contributed by atoms with Gasteiger partial charge in [0.25, 0.3) is 0 Å². The zero-order chi connectivity index (χ0) is 33.5. The molecule has 9 aromatic carbocycles. The van der Waals surface area contributed by atoms with Crippen molar-refractivity contribution in [3.63, 3.8) is 0 Å². The van der Waals surface area contributed by atoms with Crippen molar-refractivity contribution >= 4 is 65.0 Å². The summed E-state index contributed by atoms with van der Waals surface area (Å²) in [5, 5.41) is 11.5. The second-order valence-electron chi connectivity index (χ2n) is 13.6. The standard InChI is InChI=1S/C49H30N2/c1-4-13-45-36(8-1)28-37(30-50-45)31-16-18-32(19-17-31)43-29-44(42-27-23-35-10-7-9-34-22-26-41(43)49(42)48(34)35)33-20-24-38(25-21-33)51-46-14-5-2-11-39(46)40-12-3-6-15-47(40)51/h1-30H. The quantitative estimate of drug-likeness (QED) is 0.174. The van der Waals surface area contributed by atoms with Gasteiger partial charge in [0.1, 0.15) is 0 Å². The third-order valence-electron chi connectivity index (χ3n) is 10.8. The molecule has 0 saturated carbocycles. The van der Waals surface area contributed by atoms with Crippen LogP contribution in [0.15, 0.2) is 182 Å². The van der Waals surface area contributed by atoms with Crippen LogP contribution < -0.4 is 0 Å². The molecular formula is C49H30N2. The number of hydrogen-bond donors (Lipinski definition) is 0. The Labute approximate surface area is 294 Å². The van der Waals surface area contributed by atoms with Crippen LogP contribution >= 0.6 is 0 Å². The molecule has 11 aromatic rings. The van der Waals surface area contributed by atoms with E-state index in [0.29, 0.717) is 0 Å². The van der Waals surface area contributed by atoms with E-state index in [0.717, 1.165) is 27.7 Å². The molecule has 0 aliphatic heterocycles. The minimum atomic E-state index is 1.02. The molecule has 0 aliphatic carbocycles. The third-order valence-corrected chi connectivity index (χ3v) is 10.8. The summed E-state index contributed by atoms with van der Waals surface area (Å²) in [5.41, 5.74) is 11.8. The molecule has 2 heteroatoms. The first-order valence-corrected chi connectivity index (χ1v) is 17.5. The van der Waals surface area contributed by atoms with Crippen LogP contribution in [0.4, 0.5) is 0 Å². The summed E-state index contributed by atoms with van der Waals surface area (Å²) < 4.78 is 2.39. The van der Waals surface area contributed by atoms with E-state index in [1.54, 1.807) is 0 Å². The zero-order valence-electron chi connectivity index (χ0n) is 27.7. The van der Waals surface area contributed by atoms with Crippen LogP contribution in [-0.4, -0.2) is 9.55 Å². The van der Waals surface area contributed by atoms with Crippen molar-refractivity contribution in [3.8, 4) is 39.1 Å². The highest BCUT2D eigenvalue weighted by Crippen LogP contribution is 2.44. The maximum absolute atomic E-state index is 4.72. The second kappa shape index (κ2) is 10.9. The number of benzene rings is 9. The van der Waals surface area contributed by atoms with Crippen LogP contribution in [0.3, 0.4) is 0 Å². The molecule has 0 fully saturated rings. The normalized spacial score (nSPS) is 11.9. The molecule has 0 N–H and O–H groups in total. The first kappa shape index (κ1) is 28.1. The molecule has 0 unspecified atom stereocenters. The van der Waals surface area contributed by atoms with E-state index in [9.17, 15) is 0 Å². The summed E-state index contributed by atoms with van der Waals surface area (Å²) in [6.45, 7) is 0. The topological polar surface area (TPSA) is 17.8 Å². The molecule has 0 amide bonds. The summed E-state index contributed by atoms with van der Waals surface area (Å²) in [7, 11) is 0. The van der Waals surface area contributed by atoms with Gasteiger partial charge >= 0.3 is 0 Å². The van der Waals surface area contributed by atoms with Gasteiger partial charge in [0.2, 0.25) is 0 Å². The molecule has 51 heavy (non-hydrogen) atoms. The minimum Gasteiger partial charge on any atom is -0.309 e. The van der Waals surface area contributed by atoms with Gasteiger partial charge < -0.3 is 4.57 Å². The predicted molar refractivity (Wildman–Crippen MR) is 216 cm³/mol. The van der Waals surface area contributed by atoms with Crippen LogP contribution in [0.25, 0.3) is 104 Å². The highest BCUT2D eigenvalue weighted by Gasteiger charge is 2.18. The second-order valence-corrected chi connectivity index (χ2v) is 13.6. The molecule has 11 rings (SSSR count). The van der Waals surface area contributed by atoms with E-state index in [2.05, 4.69) is 174 Å². The number of aromatic nitrogens is 2. The summed E-state index contributed by atoms with van der Waals surface area (Å²) in [6.07, 6.45) is 1.98. The lowest BCUT2D eigenvalue weighted by Gasteiger charge is -2.18. The Morgan fingerprint density at radius 3 is 1.57 bits per heavy atom. The van der Waals surface area contributed by atoms with Crippen LogP contribution in [0, 0.1) is 0 Å². The smallest absolute Gasteiger partial charge is 0.0702 e.